The smallest absolute Gasteiger partial charge is 0.298 e. The maximum atomic E-state index is 11.6. The van der Waals surface area contributed by atoms with Crippen LogP contribution in [0, 0.1) is 0 Å². The molecule has 0 radical (unpaired) electrons. The van der Waals surface area contributed by atoms with Gasteiger partial charge in [-0.3, -0.25) is 4.79 Å². The number of aliphatic imine (C=N–C) groups is 1. The van der Waals surface area contributed by atoms with Gasteiger partial charge in [-0.1, -0.05) is 0 Å². The summed E-state index contributed by atoms with van der Waals surface area (Å²) in [6.07, 6.45) is 0. The number of rotatable bonds is 1. The molecule has 1 amide bonds. The van der Waals surface area contributed by atoms with Crippen molar-refractivity contribution < 1.29 is 19.7 Å². The maximum Gasteiger partial charge on any atom is 0.298 e. The second-order valence-electron chi connectivity index (χ2n) is 3.63. The lowest BCUT2D eigenvalue weighted by Crippen LogP contribution is -2.31. The summed E-state index contributed by atoms with van der Waals surface area (Å²) in [4.78, 5) is 15.0. The zero-order valence-electron chi connectivity index (χ0n) is 8.47. The van der Waals surface area contributed by atoms with Crippen LogP contribution in [0.1, 0.15) is 12.5 Å². The van der Waals surface area contributed by atoms with Crippen LogP contribution in [0.5, 0.6) is 11.5 Å². The molecule has 6 nitrogen and oxygen atoms in total. The standard InChI is InChI=1S/C10H10N2O4/c1-10(8(15)12-9(11)16-10)5-2-6(13)4-7(14)3-5/h2-4,13-14H,1H3,(H2,11,12,15). The molecule has 1 aliphatic heterocycles. The van der Waals surface area contributed by atoms with Crippen LogP contribution >= 0.6 is 0 Å². The Morgan fingerprint density at radius 2 is 1.88 bits per heavy atom. The average molecular weight is 222 g/mol. The van der Waals surface area contributed by atoms with Gasteiger partial charge in [0, 0.05) is 11.6 Å². The first kappa shape index (κ1) is 10.3. The van der Waals surface area contributed by atoms with E-state index in [0.717, 1.165) is 6.07 Å². The van der Waals surface area contributed by atoms with E-state index in [4.69, 9.17) is 10.5 Å². The molecule has 0 saturated heterocycles. The Morgan fingerprint density at radius 3 is 2.31 bits per heavy atom. The highest BCUT2D eigenvalue weighted by Crippen LogP contribution is 2.34. The molecule has 0 fully saturated rings. The number of benzene rings is 1. The molecule has 1 aromatic carbocycles. The van der Waals surface area contributed by atoms with Crippen LogP contribution in [-0.2, 0) is 15.1 Å². The van der Waals surface area contributed by atoms with Crippen LogP contribution < -0.4 is 5.73 Å². The number of hydrogen-bond donors (Lipinski definition) is 3. The number of nitrogens with two attached hydrogens (primary N) is 1. The van der Waals surface area contributed by atoms with Crippen molar-refractivity contribution in [1.29, 1.82) is 0 Å². The number of ether oxygens (including phenoxy) is 1. The molecule has 0 aromatic heterocycles. The molecule has 0 bridgehead atoms. The van der Waals surface area contributed by atoms with E-state index in [0.29, 0.717) is 5.56 Å². The first-order chi connectivity index (χ1) is 7.41. The predicted molar refractivity (Wildman–Crippen MR) is 54.8 cm³/mol. The van der Waals surface area contributed by atoms with Crippen molar-refractivity contribution in [3.63, 3.8) is 0 Å². The number of nitrogens with zero attached hydrogens (tertiary/aromatic N) is 1. The summed E-state index contributed by atoms with van der Waals surface area (Å²) in [6.45, 7) is 1.47. The van der Waals surface area contributed by atoms with Crippen LogP contribution in [0.2, 0.25) is 0 Å². The minimum Gasteiger partial charge on any atom is -0.508 e. The van der Waals surface area contributed by atoms with Crippen LogP contribution in [0.15, 0.2) is 23.2 Å². The second-order valence-corrected chi connectivity index (χ2v) is 3.63. The molecule has 2 rings (SSSR count). The number of carbonyl (C=O) groups excluding carboxylic acids is 1. The zero-order chi connectivity index (χ0) is 11.9. The van der Waals surface area contributed by atoms with E-state index in [2.05, 4.69) is 4.99 Å². The Balaban J connectivity index is 2.49. The predicted octanol–water partition coefficient (Wildman–Crippen LogP) is 0.184. The van der Waals surface area contributed by atoms with Crippen LogP contribution in [-0.4, -0.2) is 22.1 Å². The third-order valence-electron chi connectivity index (χ3n) is 2.38. The summed E-state index contributed by atoms with van der Waals surface area (Å²) >= 11 is 0. The number of amides is 1. The largest absolute Gasteiger partial charge is 0.508 e. The number of phenolic OH excluding ortho intramolecular Hbond substituents is 2. The Bertz CT molecular complexity index is 477. The van der Waals surface area contributed by atoms with Crippen LogP contribution in [0.3, 0.4) is 0 Å². The van der Waals surface area contributed by atoms with E-state index in [9.17, 15) is 15.0 Å². The maximum absolute atomic E-state index is 11.6. The van der Waals surface area contributed by atoms with Gasteiger partial charge in [0.25, 0.3) is 11.9 Å². The van der Waals surface area contributed by atoms with Crippen molar-refractivity contribution in [2.75, 3.05) is 0 Å². The van der Waals surface area contributed by atoms with Crippen molar-refractivity contribution in [2.24, 2.45) is 10.7 Å². The Kier molecular flexibility index (Phi) is 2.01. The molecular weight excluding hydrogens is 212 g/mol. The fourth-order valence-electron chi connectivity index (χ4n) is 1.54. The molecule has 1 heterocycles. The van der Waals surface area contributed by atoms with Crippen molar-refractivity contribution >= 4 is 11.9 Å². The Hall–Kier alpha value is -2.24. The lowest BCUT2D eigenvalue weighted by Gasteiger charge is -2.21. The zero-order valence-corrected chi connectivity index (χ0v) is 8.47. The van der Waals surface area contributed by atoms with E-state index in [-0.39, 0.29) is 17.5 Å². The van der Waals surface area contributed by atoms with Gasteiger partial charge >= 0.3 is 0 Å². The fraction of sp³-hybridized carbons (Fsp3) is 0.200. The van der Waals surface area contributed by atoms with Gasteiger partial charge < -0.3 is 20.7 Å². The summed E-state index contributed by atoms with van der Waals surface area (Å²) in [7, 11) is 0. The van der Waals surface area contributed by atoms with E-state index in [1.807, 2.05) is 0 Å². The van der Waals surface area contributed by atoms with Crippen molar-refractivity contribution in [2.45, 2.75) is 12.5 Å². The third kappa shape index (κ3) is 1.44. The lowest BCUT2D eigenvalue weighted by molar-refractivity contribution is -0.130. The molecule has 0 spiro atoms. The molecule has 6 heteroatoms. The summed E-state index contributed by atoms with van der Waals surface area (Å²) in [6, 6.07) is 3.55. The molecule has 1 aromatic rings. The molecule has 1 unspecified atom stereocenters. The molecule has 16 heavy (non-hydrogen) atoms. The van der Waals surface area contributed by atoms with Gasteiger partial charge in [-0.25, -0.2) is 0 Å². The van der Waals surface area contributed by atoms with Crippen molar-refractivity contribution in [1.82, 2.24) is 0 Å². The molecule has 1 atom stereocenters. The SMILES string of the molecule is CC1(c2cc(O)cc(O)c2)OC(N)=NC1=O. The monoisotopic (exact) mass is 222 g/mol. The minimum absolute atomic E-state index is 0.168. The van der Waals surface area contributed by atoms with Gasteiger partial charge in [0.2, 0.25) is 5.60 Å². The number of hydrogen-bond acceptors (Lipinski definition) is 5. The fourth-order valence-corrected chi connectivity index (χ4v) is 1.54. The quantitative estimate of drug-likeness (QED) is 0.628. The van der Waals surface area contributed by atoms with E-state index in [1.165, 1.54) is 19.1 Å². The number of amidine groups is 1. The molecule has 0 saturated carbocycles. The number of aromatic hydroxyl groups is 2. The summed E-state index contributed by atoms with van der Waals surface area (Å²) < 4.78 is 5.11. The summed E-state index contributed by atoms with van der Waals surface area (Å²) in [5, 5.41) is 18.7. The first-order valence-electron chi connectivity index (χ1n) is 4.53. The molecule has 4 N–H and O–H groups in total. The highest BCUT2D eigenvalue weighted by molar-refractivity contribution is 6.01. The third-order valence-corrected chi connectivity index (χ3v) is 2.38. The van der Waals surface area contributed by atoms with Gasteiger partial charge in [-0.15, -0.1) is 0 Å². The summed E-state index contributed by atoms with van der Waals surface area (Å²) in [5.41, 5.74) is 4.20. The molecule has 1 aliphatic rings. The highest BCUT2D eigenvalue weighted by atomic mass is 16.5. The van der Waals surface area contributed by atoms with E-state index >= 15 is 0 Å². The second kappa shape index (κ2) is 3.13. The van der Waals surface area contributed by atoms with E-state index < -0.39 is 11.5 Å². The molecular formula is C10H10N2O4. The van der Waals surface area contributed by atoms with Gasteiger partial charge in [0.15, 0.2) is 0 Å². The normalized spacial score (nSPS) is 24.1. The van der Waals surface area contributed by atoms with Crippen LogP contribution in [0.25, 0.3) is 0 Å². The van der Waals surface area contributed by atoms with Gasteiger partial charge in [-0.2, -0.15) is 4.99 Å². The Labute approximate surface area is 91.0 Å². The number of phenols is 2. The van der Waals surface area contributed by atoms with Gasteiger partial charge in [0.05, 0.1) is 0 Å². The molecule has 84 valence electrons. The molecule has 0 aliphatic carbocycles. The van der Waals surface area contributed by atoms with E-state index in [1.54, 1.807) is 0 Å². The van der Waals surface area contributed by atoms with Crippen molar-refractivity contribution in [3.8, 4) is 11.5 Å². The number of carbonyl (C=O) groups is 1. The minimum atomic E-state index is -1.39. The van der Waals surface area contributed by atoms with Gasteiger partial charge in [0.1, 0.15) is 11.5 Å². The van der Waals surface area contributed by atoms with Gasteiger partial charge in [-0.05, 0) is 19.1 Å². The lowest BCUT2D eigenvalue weighted by atomic mass is 9.95. The van der Waals surface area contributed by atoms with Crippen LogP contribution in [0.4, 0.5) is 0 Å². The summed E-state index contributed by atoms with van der Waals surface area (Å²) in [5.74, 6) is -0.911. The topological polar surface area (TPSA) is 105 Å². The Morgan fingerprint density at radius 1 is 1.31 bits per heavy atom. The van der Waals surface area contributed by atoms with Crippen molar-refractivity contribution in [3.05, 3.63) is 23.8 Å². The highest BCUT2D eigenvalue weighted by Gasteiger charge is 2.43. The first-order valence-corrected chi connectivity index (χ1v) is 4.53. The average Bonchev–Trinajstić information content (AvgIpc) is 2.40.